The van der Waals surface area contributed by atoms with Gasteiger partial charge in [-0.2, -0.15) is 0 Å². The van der Waals surface area contributed by atoms with Crippen LogP contribution in [0.5, 0.6) is 0 Å². The van der Waals surface area contributed by atoms with Gasteiger partial charge < -0.3 is 4.90 Å². The lowest BCUT2D eigenvalue weighted by atomic mass is 11.0. The fourth-order valence-electron chi connectivity index (χ4n) is 0. The van der Waals surface area contributed by atoms with Crippen molar-refractivity contribution in [2.45, 2.75) is 0 Å². The monoisotopic (exact) mass is 98.1 g/mol. The van der Waals surface area contributed by atoms with E-state index in [2.05, 4.69) is 12.8 Å². The maximum atomic E-state index is 6.46. The van der Waals surface area contributed by atoms with Gasteiger partial charge in [0.2, 0.25) is 0 Å². The van der Waals surface area contributed by atoms with Crippen molar-refractivity contribution >= 4 is 6.34 Å². The van der Waals surface area contributed by atoms with Crippen LogP contribution in [0.4, 0.5) is 0 Å². The highest BCUT2D eigenvalue weighted by Gasteiger charge is 1.64. The Kier molecular flexibility index (Phi) is 11.9. The molecule has 0 fully saturated rings. The first-order valence-electron chi connectivity index (χ1n) is 1.77. The summed E-state index contributed by atoms with van der Waals surface area (Å²) in [5.41, 5.74) is 0. The molecular weight excluding hydrogens is 88.1 g/mol. The molecule has 2 nitrogen and oxygen atoms in total. The Morgan fingerprint density at radius 3 is 1.57 bits per heavy atom. The van der Waals surface area contributed by atoms with Gasteiger partial charge in [0.25, 0.3) is 0 Å². The summed E-state index contributed by atoms with van der Waals surface area (Å²) in [6, 6.07) is 0. The summed E-state index contributed by atoms with van der Waals surface area (Å²) < 4.78 is 0. The SMILES string of the molecule is C#C.CN(C)C=N. The van der Waals surface area contributed by atoms with Gasteiger partial charge in [0, 0.05) is 14.1 Å². The van der Waals surface area contributed by atoms with Gasteiger partial charge in [-0.25, -0.2) is 0 Å². The maximum Gasteiger partial charge on any atom is 0.0812 e. The zero-order valence-electron chi connectivity index (χ0n) is 4.68. The smallest absolute Gasteiger partial charge is 0.0812 e. The molecule has 0 aliphatic rings. The Balaban J connectivity index is 0. The third-order valence-corrected chi connectivity index (χ3v) is 0.258. The summed E-state index contributed by atoms with van der Waals surface area (Å²) in [6.07, 6.45) is 9.25. The molecule has 0 heterocycles. The number of hydrogen-bond acceptors (Lipinski definition) is 1. The first-order valence-corrected chi connectivity index (χ1v) is 1.77. The molecule has 7 heavy (non-hydrogen) atoms. The summed E-state index contributed by atoms with van der Waals surface area (Å²) in [5, 5.41) is 6.46. The van der Waals surface area contributed by atoms with E-state index in [-0.39, 0.29) is 0 Å². The molecule has 2 heteroatoms. The fourth-order valence-corrected chi connectivity index (χ4v) is 0. The Labute approximate surface area is 44.6 Å². The predicted molar refractivity (Wildman–Crippen MR) is 32.4 cm³/mol. The van der Waals surface area contributed by atoms with Crippen molar-refractivity contribution in [3.8, 4) is 12.8 Å². The Morgan fingerprint density at radius 1 is 1.43 bits per heavy atom. The van der Waals surface area contributed by atoms with E-state index in [9.17, 15) is 0 Å². The van der Waals surface area contributed by atoms with Crippen LogP contribution in [0.15, 0.2) is 0 Å². The first-order chi connectivity index (χ1) is 3.27. The summed E-state index contributed by atoms with van der Waals surface area (Å²) in [5.74, 6) is 0. The molecule has 0 aromatic heterocycles. The molecule has 0 bridgehead atoms. The molecule has 1 N–H and O–H groups in total. The minimum atomic E-state index is 1.25. The van der Waals surface area contributed by atoms with Crippen LogP contribution in [0.3, 0.4) is 0 Å². The van der Waals surface area contributed by atoms with Gasteiger partial charge in [-0.15, -0.1) is 12.8 Å². The van der Waals surface area contributed by atoms with Crippen molar-refractivity contribution in [2.24, 2.45) is 0 Å². The second-order valence-corrected chi connectivity index (χ2v) is 1.09. The van der Waals surface area contributed by atoms with E-state index in [0.29, 0.717) is 0 Å². The molecule has 0 radical (unpaired) electrons. The van der Waals surface area contributed by atoms with Crippen molar-refractivity contribution < 1.29 is 0 Å². The standard InChI is InChI=1S/C3H8N2.C2H2/c1-5(2)3-4;1-2/h3-4H,1-2H3;1-2H. The van der Waals surface area contributed by atoms with Gasteiger partial charge >= 0.3 is 0 Å². The van der Waals surface area contributed by atoms with Gasteiger partial charge in [0.05, 0.1) is 6.34 Å². The van der Waals surface area contributed by atoms with E-state index in [1.165, 1.54) is 6.34 Å². The molecule has 0 aliphatic carbocycles. The number of nitrogens with one attached hydrogen (secondary N) is 1. The van der Waals surface area contributed by atoms with Gasteiger partial charge in [-0.3, -0.25) is 5.41 Å². The number of nitrogens with zero attached hydrogens (tertiary/aromatic N) is 1. The predicted octanol–water partition coefficient (Wildman–Crippen LogP) is 0.404. The molecule has 0 saturated heterocycles. The molecule has 40 valence electrons. The van der Waals surface area contributed by atoms with Crippen LogP contribution in [-0.4, -0.2) is 25.3 Å². The van der Waals surface area contributed by atoms with Crippen LogP contribution in [0.25, 0.3) is 0 Å². The average molecular weight is 98.1 g/mol. The van der Waals surface area contributed by atoms with Crippen LogP contribution in [0.2, 0.25) is 0 Å². The van der Waals surface area contributed by atoms with Crippen molar-refractivity contribution in [3.63, 3.8) is 0 Å². The molecule has 0 aromatic carbocycles. The van der Waals surface area contributed by atoms with E-state index < -0.39 is 0 Å². The van der Waals surface area contributed by atoms with Crippen molar-refractivity contribution in [1.29, 1.82) is 5.41 Å². The van der Waals surface area contributed by atoms with Crippen molar-refractivity contribution in [1.82, 2.24) is 4.90 Å². The summed E-state index contributed by atoms with van der Waals surface area (Å²) >= 11 is 0. The van der Waals surface area contributed by atoms with Crippen LogP contribution < -0.4 is 0 Å². The zero-order valence-corrected chi connectivity index (χ0v) is 4.68. The molecule has 0 aromatic rings. The number of terminal acetylenes is 1. The molecule has 0 spiro atoms. The van der Waals surface area contributed by atoms with Crippen LogP contribution in [-0.2, 0) is 0 Å². The Bertz CT molecular complexity index is 54.3. The summed E-state index contributed by atoms with van der Waals surface area (Å²) in [6.45, 7) is 0. The van der Waals surface area contributed by atoms with Crippen LogP contribution >= 0.6 is 0 Å². The second kappa shape index (κ2) is 8.90. The normalized spacial score (nSPS) is 5.14. The Hall–Kier alpha value is -0.970. The minimum absolute atomic E-state index is 1.25. The van der Waals surface area contributed by atoms with Crippen LogP contribution in [0, 0.1) is 18.3 Å². The third-order valence-electron chi connectivity index (χ3n) is 0.258. The molecule has 0 saturated carbocycles. The molecule has 0 aliphatic heterocycles. The summed E-state index contributed by atoms with van der Waals surface area (Å²) in [7, 11) is 3.62. The minimum Gasteiger partial charge on any atom is -0.369 e. The highest BCUT2D eigenvalue weighted by molar-refractivity contribution is 5.49. The fraction of sp³-hybridized carbons (Fsp3) is 0.400. The third kappa shape index (κ3) is 43.5. The molecule has 0 rings (SSSR count). The molecule has 0 amide bonds. The maximum absolute atomic E-state index is 6.46. The highest BCUT2D eigenvalue weighted by Crippen LogP contribution is 1.53. The zero-order chi connectivity index (χ0) is 6.28. The lowest BCUT2D eigenvalue weighted by Crippen LogP contribution is -2.05. The second-order valence-electron chi connectivity index (χ2n) is 1.09. The highest BCUT2D eigenvalue weighted by atomic mass is 15.1. The van der Waals surface area contributed by atoms with Crippen molar-refractivity contribution in [2.75, 3.05) is 14.1 Å². The molecular formula is C5H10N2. The van der Waals surface area contributed by atoms with Gasteiger partial charge in [-0.1, -0.05) is 0 Å². The number of hydrogen-bond donors (Lipinski definition) is 1. The largest absolute Gasteiger partial charge is 0.369 e. The average Bonchev–Trinajstić information content (AvgIpc) is 1.73. The van der Waals surface area contributed by atoms with E-state index >= 15 is 0 Å². The van der Waals surface area contributed by atoms with Crippen molar-refractivity contribution in [3.05, 3.63) is 0 Å². The molecule has 0 unspecified atom stereocenters. The van der Waals surface area contributed by atoms with Crippen LogP contribution in [0.1, 0.15) is 0 Å². The lowest BCUT2D eigenvalue weighted by molar-refractivity contribution is 0.639. The topological polar surface area (TPSA) is 27.1 Å². The van der Waals surface area contributed by atoms with E-state index in [1.54, 1.807) is 4.90 Å². The first kappa shape index (κ1) is 9.39. The van der Waals surface area contributed by atoms with E-state index in [1.807, 2.05) is 14.1 Å². The lowest BCUT2D eigenvalue weighted by Gasteiger charge is -1.96. The van der Waals surface area contributed by atoms with Gasteiger partial charge in [0.1, 0.15) is 0 Å². The quantitative estimate of drug-likeness (QED) is 0.287. The van der Waals surface area contributed by atoms with E-state index in [0.717, 1.165) is 0 Å². The van der Waals surface area contributed by atoms with Gasteiger partial charge in [0.15, 0.2) is 0 Å². The Morgan fingerprint density at radius 2 is 1.57 bits per heavy atom. The number of rotatable bonds is 1. The van der Waals surface area contributed by atoms with Gasteiger partial charge in [-0.05, 0) is 0 Å². The molecule has 0 atom stereocenters. The summed E-state index contributed by atoms with van der Waals surface area (Å²) in [4.78, 5) is 1.67. The van der Waals surface area contributed by atoms with E-state index in [4.69, 9.17) is 5.41 Å².